The van der Waals surface area contributed by atoms with Gasteiger partial charge in [-0.05, 0) is 25.5 Å². The van der Waals surface area contributed by atoms with Gasteiger partial charge in [0.1, 0.15) is 5.82 Å². The Hall–Kier alpha value is -1.48. The standard InChI is InChI=1S/C13H16ClN3/c1-10-4-3-5-12(13(10)14)16-7-9-17-8-6-15-11(17)2/h3-6,8,16H,7,9H2,1-2H3. The summed E-state index contributed by atoms with van der Waals surface area (Å²) in [7, 11) is 0. The van der Waals surface area contributed by atoms with Crippen molar-refractivity contribution in [3.63, 3.8) is 0 Å². The molecular formula is C13H16ClN3. The highest BCUT2D eigenvalue weighted by Crippen LogP contribution is 2.24. The molecule has 0 spiro atoms. The lowest BCUT2D eigenvalue weighted by Gasteiger charge is -2.11. The fraction of sp³-hybridized carbons (Fsp3) is 0.308. The average molecular weight is 250 g/mol. The maximum Gasteiger partial charge on any atom is 0.105 e. The molecule has 0 radical (unpaired) electrons. The van der Waals surface area contributed by atoms with Crippen LogP contribution in [0.2, 0.25) is 5.02 Å². The van der Waals surface area contributed by atoms with Crippen molar-refractivity contribution in [1.82, 2.24) is 9.55 Å². The monoisotopic (exact) mass is 249 g/mol. The molecular weight excluding hydrogens is 234 g/mol. The number of aryl methyl sites for hydroxylation is 2. The third kappa shape index (κ3) is 2.80. The Morgan fingerprint density at radius 1 is 1.35 bits per heavy atom. The Bertz CT molecular complexity index is 505. The molecule has 3 nitrogen and oxygen atoms in total. The molecule has 1 aromatic carbocycles. The van der Waals surface area contributed by atoms with Crippen LogP contribution in [0.25, 0.3) is 0 Å². The predicted octanol–water partition coefficient (Wildman–Crippen LogP) is 3.27. The summed E-state index contributed by atoms with van der Waals surface area (Å²) in [6.07, 6.45) is 3.80. The number of imidazole rings is 1. The van der Waals surface area contributed by atoms with Crippen molar-refractivity contribution in [3.8, 4) is 0 Å². The first-order valence-corrected chi connectivity index (χ1v) is 6.03. The highest BCUT2D eigenvalue weighted by Gasteiger charge is 2.02. The van der Waals surface area contributed by atoms with Crippen LogP contribution in [0.1, 0.15) is 11.4 Å². The third-order valence-corrected chi connectivity index (χ3v) is 3.29. The highest BCUT2D eigenvalue weighted by molar-refractivity contribution is 6.33. The van der Waals surface area contributed by atoms with E-state index in [1.807, 2.05) is 44.4 Å². The second-order valence-corrected chi connectivity index (χ2v) is 4.41. The summed E-state index contributed by atoms with van der Waals surface area (Å²) in [5.74, 6) is 1.03. The van der Waals surface area contributed by atoms with Crippen molar-refractivity contribution in [2.24, 2.45) is 0 Å². The third-order valence-electron chi connectivity index (χ3n) is 2.78. The average Bonchev–Trinajstić information content (AvgIpc) is 2.71. The minimum Gasteiger partial charge on any atom is -0.382 e. The fourth-order valence-corrected chi connectivity index (χ4v) is 1.93. The van der Waals surface area contributed by atoms with Crippen LogP contribution in [-0.2, 0) is 6.54 Å². The molecule has 0 fully saturated rings. The minimum absolute atomic E-state index is 0.801. The Morgan fingerprint density at radius 2 is 2.18 bits per heavy atom. The van der Waals surface area contributed by atoms with E-state index < -0.39 is 0 Å². The topological polar surface area (TPSA) is 29.9 Å². The molecule has 0 amide bonds. The second-order valence-electron chi connectivity index (χ2n) is 4.03. The molecule has 17 heavy (non-hydrogen) atoms. The normalized spacial score (nSPS) is 10.5. The SMILES string of the molecule is Cc1cccc(NCCn2ccnc2C)c1Cl. The zero-order valence-corrected chi connectivity index (χ0v) is 10.8. The van der Waals surface area contributed by atoms with Gasteiger partial charge in [0.15, 0.2) is 0 Å². The molecule has 2 aromatic rings. The van der Waals surface area contributed by atoms with Gasteiger partial charge in [-0.1, -0.05) is 23.7 Å². The van der Waals surface area contributed by atoms with Gasteiger partial charge >= 0.3 is 0 Å². The minimum atomic E-state index is 0.801. The van der Waals surface area contributed by atoms with Crippen LogP contribution in [0.5, 0.6) is 0 Å². The van der Waals surface area contributed by atoms with E-state index in [1.165, 1.54) is 0 Å². The number of nitrogens with zero attached hydrogens (tertiary/aromatic N) is 2. The summed E-state index contributed by atoms with van der Waals surface area (Å²) in [6, 6.07) is 6.01. The zero-order chi connectivity index (χ0) is 12.3. The van der Waals surface area contributed by atoms with E-state index in [0.29, 0.717) is 0 Å². The van der Waals surface area contributed by atoms with Gasteiger partial charge in [-0.3, -0.25) is 0 Å². The van der Waals surface area contributed by atoms with Crippen molar-refractivity contribution in [3.05, 3.63) is 47.0 Å². The summed E-state index contributed by atoms with van der Waals surface area (Å²) in [5, 5.41) is 4.14. The number of rotatable bonds is 4. The van der Waals surface area contributed by atoms with Gasteiger partial charge in [0.05, 0.1) is 10.7 Å². The van der Waals surface area contributed by atoms with Crippen molar-refractivity contribution >= 4 is 17.3 Å². The van der Waals surface area contributed by atoms with Gasteiger partial charge < -0.3 is 9.88 Å². The Balaban J connectivity index is 1.95. The lowest BCUT2D eigenvalue weighted by atomic mass is 10.2. The number of hydrogen-bond donors (Lipinski definition) is 1. The number of halogens is 1. The van der Waals surface area contributed by atoms with Crippen LogP contribution in [-0.4, -0.2) is 16.1 Å². The molecule has 0 aliphatic carbocycles. The number of aromatic nitrogens is 2. The van der Waals surface area contributed by atoms with E-state index in [9.17, 15) is 0 Å². The van der Waals surface area contributed by atoms with Gasteiger partial charge in [-0.15, -0.1) is 0 Å². The molecule has 0 saturated heterocycles. The van der Waals surface area contributed by atoms with Crippen LogP contribution in [0.4, 0.5) is 5.69 Å². The maximum absolute atomic E-state index is 6.20. The number of hydrogen-bond acceptors (Lipinski definition) is 2. The van der Waals surface area contributed by atoms with Crippen molar-refractivity contribution in [2.75, 3.05) is 11.9 Å². The summed E-state index contributed by atoms with van der Waals surface area (Å²) in [5.41, 5.74) is 2.08. The fourth-order valence-electron chi connectivity index (χ4n) is 1.74. The van der Waals surface area contributed by atoms with Gasteiger partial charge in [-0.2, -0.15) is 0 Å². The molecule has 1 N–H and O–H groups in total. The lowest BCUT2D eigenvalue weighted by Crippen LogP contribution is -2.11. The quantitative estimate of drug-likeness (QED) is 0.901. The molecule has 0 atom stereocenters. The lowest BCUT2D eigenvalue weighted by molar-refractivity contribution is 0.701. The van der Waals surface area contributed by atoms with Gasteiger partial charge in [0.2, 0.25) is 0 Å². The second kappa shape index (κ2) is 5.23. The van der Waals surface area contributed by atoms with E-state index in [-0.39, 0.29) is 0 Å². The summed E-state index contributed by atoms with van der Waals surface area (Å²) < 4.78 is 2.11. The van der Waals surface area contributed by atoms with E-state index in [2.05, 4.69) is 14.9 Å². The van der Waals surface area contributed by atoms with Crippen LogP contribution in [0.15, 0.2) is 30.6 Å². The molecule has 0 aliphatic heterocycles. The number of benzene rings is 1. The smallest absolute Gasteiger partial charge is 0.105 e. The Morgan fingerprint density at radius 3 is 2.88 bits per heavy atom. The first-order valence-electron chi connectivity index (χ1n) is 5.65. The van der Waals surface area contributed by atoms with Crippen LogP contribution in [0.3, 0.4) is 0 Å². The Kier molecular flexibility index (Phi) is 3.69. The first-order chi connectivity index (χ1) is 8.18. The first kappa shape index (κ1) is 12.0. The molecule has 1 heterocycles. The molecule has 0 aliphatic rings. The maximum atomic E-state index is 6.20. The van der Waals surface area contributed by atoms with Crippen molar-refractivity contribution in [2.45, 2.75) is 20.4 Å². The van der Waals surface area contributed by atoms with Gasteiger partial charge in [0, 0.05) is 25.5 Å². The highest BCUT2D eigenvalue weighted by atomic mass is 35.5. The van der Waals surface area contributed by atoms with E-state index in [4.69, 9.17) is 11.6 Å². The largest absolute Gasteiger partial charge is 0.382 e. The molecule has 0 saturated carbocycles. The van der Waals surface area contributed by atoms with Gasteiger partial charge in [-0.25, -0.2) is 4.98 Å². The Labute approximate surface area is 106 Å². The van der Waals surface area contributed by atoms with Crippen LogP contribution in [0, 0.1) is 13.8 Å². The molecule has 0 unspecified atom stereocenters. The predicted molar refractivity (Wildman–Crippen MR) is 71.6 cm³/mol. The molecule has 4 heteroatoms. The van der Waals surface area contributed by atoms with E-state index >= 15 is 0 Å². The molecule has 0 bridgehead atoms. The van der Waals surface area contributed by atoms with Crippen LogP contribution < -0.4 is 5.32 Å². The summed E-state index contributed by atoms with van der Waals surface area (Å²) >= 11 is 6.20. The van der Waals surface area contributed by atoms with Crippen LogP contribution >= 0.6 is 11.6 Å². The molecule has 2 rings (SSSR count). The molecule has 1 aromatic heterocycles. The number of anilines is 1. The molecule has 90 valence electrons. The summed E-state index contributed by atoms with van der Waals surface area (Å²) in [6.45, 7) is 5.73. The zero-order valence-electron chi connectivity index (χ0n) is 10.1. The van der Waals surface area contributed by atoms with Crippen molar-refractivity contribution in [1.29, 1.82) is 0 Å². The number of nitrogens with one attached hydrogen (secondary N) is 1. The van der Waals surface area contributed by atoms with Crippen molar-refractivity contribution < 1.29 is 0 Å². The van der Waals surface area contributed by atoms with Gasteiger partial charge in [0.25, 0.3) is 0 Å². The van der Waals surface area contributed by atoms with E-state index in [0.717, 1.165) is 35.2 Å². The summed E-state index contributed by atoms with van der Waals surface area (Å²) in [4.78, 5) is 4.18. The van der Waals surface area contributed by atoms with E-state index in [1.54, 1.807) is 0 Å².